The van der Waals surface area contributed by atoms with E-state index in [1.807, 2.05) is 91.0 Å². The topological polar surface area (TPSA) is 135 Å². The second-order valence-corrected chi connectivity index (χ2v) is 15.8. The van der Waals surface area contributed by atoms with E-state index in [1.165, 1.54) is 0 Å². The number of nitrogens with zero attached hydrogens (tertiary/aromatic N) is 10. The van der Waals surface area contributed by atoms with Crippen molar-refractivity contribution in [1.82, 2.24) is 39.0 Å². The second kappa shape index (κ2) is 15.6. The lowest BCUT2D eigenvalue weighted by Crippen LogP contribution is -2.07. The molecule has 0 atom stereocenters. The van der Waals surface area contributed by atoms with E-state index in [-0.39, 0.29) is 0 Å². The molecule has 66 heavy (non-hydrogen) atoms. The Kier molecular flexibility index (Phi) is 9.01. The van der Waals surface area contributed by atoms with Crippen LogP contribution >= 0.6 is 0 Å². The summed E-state index contributed by atoms with van der Waals surface area (Å²) >= 11 is 0. The summed E-state index contributed by atoms with van der Waals surface area (Å²) in [7, 11) is 0. The minimum atomic E-state index is 0.469. The molecule has 4 aromatic heterocycles. The maximum absolute atomic E-state index is 9.57. The predicted octanol–water partition coefficient (Wildman–Crippen LogP) is 12.3. The van der Waals surface area contributed by atoms with Gasteiger partial charge in [-0.1, -0.05) is 109 Å². The van der Waals surface area contributed by atoms with Crippen molar-refractivity contribution in [3.63, 3.8) is 0 Å². The van der Waals surface area contributed by atoms with Gasteiger partial charge < -0.3 is 4.57 Å². The molecule has 10 nitrogen and oxygen atoms in total. The van der Waals surface area contributed by atoms with Gasteiger partial charge in [0.05, 0.1) is 45.3 Å². The highest BCUT2D eigenvalue weighted by atomic mass is 15.2. The first-order valence-corrected chi connectivity index (χ1v) is 21.3. The highest BCUT2D eigenvalue weighted by Crippen LogP contribution is 2.42. The third-order valence-corrected chi connectivity index (χ3v) is 11.9. The van der Waals surface area contributed by atoms with Crippen LogP contribution in [0.4, 0.5) is 0 Å². The van der Waals surface area contributed by atoms with Crippen LogP contribution in [0.2, 0.25) is 0 Å². The van der Waals surface area contributed by atoms with Gasteiger partial charge in [-0.05, 0) is 84.9 Å². The molecule has 0 saturated carbocycles. The summed E-state index contributed by atoms with van der Waals surface area (Å²) in [6.45, 7) is 0. The fourth-order valence-corrected chi connectivity index (χ4v) is 8.78. The maximum atomic E-state index is 9.57. The van der Waals surface area contributed by atoms with Crippen molar-refractivity contribution in [2.45, 2.75) is 0 Å². The fraction of sp³-hybridized carbons (Fsp3) is 0. The van der Waals surface area contributed by atoms with Gasteiger partial charge in [0.25, 0.3) is 0 Å². The highest BCUT2D eigenvalue weighted by molar-refractivity contribution is 6.23. The average molecular weight is 845 g/mol. The van der Waals surface area contributed by atoms with Gasteiger partial charge >= 0.3 is 0 Å². The molecule has 12 aromatic rings. The van der Waals surface area contributed by atoms with E-state index in [0.29, 0.717) is 46.2 Å². The summed E-state index contributed by atoms with van der Waals surface area (Å²) in [4.78, 5) is 30.3. The van der Waals surface area contributed by atoms with Crippen LogP contribution in [0.15, 0.2) is 194 Å². The third-order valence-electron chi connectivity index (χ3n) is 11.9. The molecular weight excluding hydrogens is 813 g/mol. The van der Waals surface area contributed by atoms with Gasteiger partial charge in [-0.3, -0.25) is 4.57 Å². The number of hydrogen-bond donors (Lipinski definition) is 0. The van der Waals surface area contributed by atoms with Gasteiger partial charge in [0.15, 0.2) is 29.1 Å². The molecular formula is C56H32N10. The summed E-state index contributed by atoms with van der Waals surface area (Å²) in [5.74, 6) is 3.09. The van der Waals surface area contributed by atoms with Crippen LogP contribution in [0.1, 0.15) is 11.1 Å². The van der Waals surface area contributed by atoms with Crippen molar-refractivity contribution >= 4 is 43.6 Å². The molecule has 0 aliphatic heterocycles. The molecule has 0 amide bonds. The molecule has 0 aliphatic carbocycles. The van der Waals surface area contributed by atoms with Gasteiger partial charge in [0.2, 0.25) is 5.95 Å². The summed E-state index contributed by atoms with van der Waals surface area (Å²) < 4.78 is 4.48. The SMILES string of the molecule is N#Cc1ccc(-c2nc(-c3ccccc3)nc(-c3ccc(-n4c5ccccc5c5ccc6c7ccccc7n(-c7nc(-c8ccccc8)nc(-c8ccc(C#N)cc8)n7)c6c54)cc3)n2)cc1. The van der Waals surface area contributed by atoms with Crippen molar-refractivity contribution < 1.29 is 0 Å². The van der Waals surface area contributed by atoms with Crippen LogP contribution in [0.25, 0.3) is 112 Å². The molecule has 0 N–H and O–H groups in total. The lowest BCUT2D eigenvalue weighted by Gasteiger charge is -2.14. The number of fused-ring (bicyclic) bond motifs is 7. The Hall–Kier alpha value is -9.64. The van der Waals surface area contributed by atoms with Gasteiger partial charge in [0, 0.05) is 55.0 Å². The lowest BCUT2D eigenvalue weighted by atomic mass is 10.1. The molecule has 306 valence electrons. The number of hydrogen-bond acceptors (Lipinski definition) is 8. The Morgan fingerprint density at radius 3 is 1.09 bits per heavy atom. The smallest absolute Gasteiger partial charge is 0.238 e. The first-order chi connectivity index (χ1) is 32.6. The van der Waals surface area contributed by atoms with E-state index < -0.39 is 0 Å². The van der Waals surface area contributed by atoms with E-state index in [1.54, 1.807) is 24.3 Å². The molecule has 4 heterocycles. The van der Waals surface area contributed by atoms with Crippen LogP contribution in [0.3, 0.4) is 0 Å². The second-order valence-electron chi connectivity index (χ2n) is 15.8. The number of aromatic nitrogens is 8. The normalized spacial score (nSPS) is 11.3. The van der Waals surface area contributed by atoms with E-state index in [0.717, 1.165) is 77.1 Å². The van der Waals surface area contributed by atoms with Gasteiger partial charge in [0.1, 0.15) is 0 Å². The van der Waals surface area contributed by atoms with Crippen molar-refractivity contribution in [3.05, 3.63) is 205 Å². The zero-order valence-corrected chi connectivity index (χ0v) is 34.9. The summed E-state index contributed by atoms with van der Waals surface area (Å²) in [5, 5.41) is 23.3. The summed E-state index contributed by atoms with van der Waals surface area (Å²) in [6, 6.07) is 68.4. The number of benzene rings is 8. The van der Waals surface area contributed by atoms with E-state index in [4.69, 9.17) is 29.9 Å². The van der Waals surface area contributed by atoms with Crippen LogP contribution < -0.4 is 0 Å². The minimum Gasteiger partial charge on any atom is -0.307 e. The first kappa shape index (κ1) is 38.1. The molecule has 0 aliphatic rings. The molecule has 12 rings (SSSR count). The van der Waals surface area contributed by atoms with E-state index in [2.05, 4.69) is 100 Å². The molecule has 0 bridgehead atoms. The number of nitriles is 2. The molecule has 8 aromatic carbocycles. The number of rotatable bonds is 7. The standard InChI is InChI=1S/C56H32N10/c57-33-35-19-23-39(24-20-35)52-59-51(37-11-3-1-4-12-37)60-53(61-52)41-27-29-42(30-28-41)65-47-17-9-7-15-43(47)45-31-32-46-44-16-8-10-18-48(44)66(50(46)49(45)65)56-63-54(38-13-5-2-6-14-38)62-55(64-56)40-25-21-36(34-58)22-26-40/h1-32H. The average Bonchev–Trinajstić information content (AvgIpc) is 3.92. The zero-order valence-electron chi connectivity index (χ0n) is 34.9. The Morgan fingerprint density at radius 2 is 0.652 bits per heavy atom. The van der Waals surface area contributed by atoms with Gasteiger partial charge in [-0.15, -0.1) is 0 Å². The van der Waals surface area contributed by atoms with E-state index >= 15 is 0 Å². The summed E-state index contributed by atoms with van der Waals surface area (Å²) in [5.41, 5.74) is 10.1. The minimum absolute atomic E-state index is 0.469. The quantitative estimate of drug-likeness (QED) is 0.155. The van der Waals surface area contributed by atoms with Crippen molar-refractivity contribution in [2.75, 3.05) is 0 Å². The molecule has 0 saturated heterocycles. The fourth-order valence-electron chi connectivity index (χ4n) is 8.78. The first-order valence-electron chi connectivity index (χ1n) is 21.3. The summed E-state index contributed by atoms with van der Waals surface area (Å²) in [6.07, 6.45) is 0. The third kappa shape index (κ3) is 6.41. The zero-order chi connectivity index (χ0) is 44.1. The van der Waals surface area contributed by atoms with Crippen molar-refractivity contribution in [3.8, 4) is 80.7 Å². The molecule has 0 unspecified atom stereocenters. The van der Waals surface area contributed by atoms with Crippen LogP contribution in [0.5, 0.6) is 0 Å². The highest BCUT2D eigenvalue weighted by Gasteiger charge is 2.24. The van der Waals surface area contributed by atoms with E-state index in [9.17, 15) is 10.5 Å². The van der Waals surface area contributed by atoms with Crippen LogP contribution in [0, 0.1) is 22.7 Å². The molecule has 0 fully saturated rings. The Balaban J connectivity index is 1.09. The maximum Gasteiger partial charge on any atom is 0.238 e. The lowest BCUT2D eigenvalue weighted by molar-refractivity contribution is 0.953. The largest absolute Gasteiger partial charge is 0.307 e. The monoisotopic (exact) mass is 844 g/mol. The Morgan fingerprint density at radius 1 is 0.303 bits per heavy atom. The Labute approximate surface area is 377 Å². The number of para-hydroxylation sites is 2. The molecule has 0 spiro atoms. The van der Waals surface area contributed by atoms with Crippen molar-refractivity contribution in [1.29, 1.82) is 10.5 Å². The Bertz CT molecular complexity index is 3920. The van der Waals surface area contributed by atoms with Crippen LogP contribution in [-0.4, -0.2) is 39.0 Å². The predicted molar refractivity (Wildman–Crippen MR) is 258 cm³/mol. The molecule has 0 radical (unpaired) electrons. The van der Waals surface area contributed by atoms with Crippen LogP contribution in [-0.2, 0) is 0 Å². The van der Waals surface area contributed by atoms with Gasteiger partial charge in [-0.25, -0.2) is 19.9 Å². The van der Waals surface area contributed by atoms with Gasteiger partial charge in [-0.2, -0.15) is 20.5 Å². The molecule has 10 heteroatoms. The van der Waals surface area contributed by atoms with Crippen molar-refractivity contribution in [2.24, 2.45) is 0 Å².